The number of alkyl halides is 3. The lowest BCUT2D eigenvalue weighted by Crippen LogP contribution is -2.23. The van der Waals surface area contributed by atoms with Gasteiger partial charge in [0.2, 0.25) is 15.9 Å². The van der Waals surface area contributed by atoms with E-state index in [2.05, 4.69) is 20.4 Å². The van der Waals surface area contributed by atoms with Crippen LogP contribution >= 0.6 is 11.3 Å². The van der Waals surface area contributed by atoms with E-state index in [0.29, 0.717) is 21.8 Å². The van der Waals surface area contributed by atoms with E-state index in [1.54, 1.807) is 19.9 Å². The first-order valence-electron chi connectivity index (χ1n) is 8.54. The van der Waals surface area contributed by atoms with Crippen LogP contribution in [-0.4, -0.2) is 33.9 Å². The maximum atomic E-state index is 12.8. The molecule has 9 nitrogen and oxygen atoms in total. The van der Waals surface area contributed by atoms with Crippen LogP contribution in [0.5, 0.6) is 0 Å². The molecule has 1 amide bonds. The number of hydrogen-bond acceptors (Lipinski definition) is 7. The Morgan fingerprint density at radius 3 is 2.57 bits per heavy atom. The first kappa shape index (κ1) is 22.1. The van der Waals surface area contributed by atoms with Crippen molar-refractivity contribution in [3.8, 4) is 0 Å². The molecule has 0 bridgehead atoms. The van der Waals surface area contributed by atoms with E-state index < -0.39 is 22.0 Å². The zero-order valence-corrected chi connectivity index (χ0v) is 17.5. The highest BCUT2D eigenvalue weighted by Gasteiger charge is 2.37. The van der Waals surface area contributed by atoms with E-state index in [9.17, 15) is 26.4 Å². The Morgan fingerprint density at radius 2 is 1.97 bits per heavy atom. The minimum Gasteiger partial charge on any atom is -0.351 e. The molecule has 0 saturated carbocycles. The Balaban J connectivity index is 1.67. The molecule has 0 atom stereocenters. The van der Waals surface area contributed by atoms with Gasteiger partial charge in [-0.1, -0.05) is 0 Å². The van der Waals surface area contributed by atoms with Gasteiger partial charge in [0, 0.05) is 22.7 Å². The van der Waals surface area contributed by atoms with Crippen LogP contribution in [-0.2, 0) is 34.0 Å². The Labute approximate surface area is 173 Å². The third kappa shape index (κ3) is 4.76. The zero-order valence-electron chi connectivity index (χ0n) is 15.8. The van der Waals surface area contributed by atoms with Crippen LogP contribution in [0.3, 0.4) is 0 Å². The number of rotatable bonds is 6. The number of fused-ring (bicyclic) bond motifs is 1. The number of thiophene rings is 1. The molecule has 3 aromatic heterocycles. The number of aryl methyl sites for hydroxylation is 2. The molecule has 0 radical (unpaired) electrons. The van der Waals surface area contributed by atoms with Crippen LogP contribution in [0.15, 0.2) is 16.3 Å². The van der Waals surface area contributed by atoms with Gasteiger partial charge in [0.1, 0.15) is 4.21 Å². The number of aromatic nitrogens is 4. The highest BCUT2D eigenvalue weighted by Crippen LogP contribution is 2.27. The standard InChI is InChI=1S/C16H17F3N6O3S2/c1-8-11(9(2)25-15(22-8)23-14(24-25)16(17,18)19)4-5-12(26)21-7-10-3-6-13(29-10)30(20,27)28/h3,6H,4-5,7H2,1-2H3,(H,21,26)(H2,20,27,28). The van der Waals surface area contributed by atoms with Gasteiger partial charge in [-0.05, 0) is 38.0 Å². The van der Waals surface area contributed by atoms with Crippen LogP contribution in [0.1, 0.15) is 34.1 Å². The second kappa shape index (κ2) is 7.92. The summed E-state index contributed by atoms with van der Waals surface area (Å²) in [5.74, 6) is -1.75. The number of carbonyl (C=O) groups excluding carboxylic acids is 1. The molecule has 162 valence electrons. The minimum absolute atomic E-state index is 0.00318. The normalized spacial score (nSPS) is 12.5. The number of primary sulfonamides is 1. The van der Waals surface area contributed by atoms with Crippen LogP contribution in [0.4, 0.5) is 13.2 Å². The van der Waals surface area contributed by atoms with Crippen molar-refractivity contribution in [2.75, 3.05) is 0 Å². The van der Waals surface area contributed by atoms with E-state index in [1.165, 1.54) is 6.07 Å². The highest BCUT2D eigenvalue weighted by atomic mass is 32.2. The predicted molar refractivity (Wildman–Crippen MR) is 101 cm³/mol. The fraction of sp³-hybridized carbons (Fsp3) is 0.375. The predicted octanol–water partition coefficient (Wildman–Crippen LogP) is 1.72. The molecule has 3 N–H and O–H groups in total. The van der Waals surface area contributed by atoms with Gasteiger partial charge in [0.05, 0.1) is 6.54 Å². The fourth-order valence-electron chi connectivity index (χ4n) is 2.81. The van der Waals surface area contributed by atoms with Crippen LogP contribution in [0, 0.1) is 13.8 Å². The van der Waals surface area contributed by atoms with Gasteiger partial charge in [0.25, 0.3) is 11.6 Å². The van der Waals surface area contributed by atoms with E-state index in [1.807, 2.05) is 0 Å². The lowest BCUT2D eigenvalue weighted by atomic mass is 10.1. The second-order valence-corrected chi connectivity index (χ2v) is 9.41. The molecule has 0 unspecified atom stereocenters. The monoisotopic (exact) mass is 462 g/mol. The molecular formula is C16H17F3N6O3S2. The second-order valence-electron chi connectivity index (χ2n) is 6.45. The summed E-state index contributed by atoms with van der Waals surface area (Å²) in [5, 5.41) is 11.2. The Morgan fingerprint density at radius 1 is 1.27 bits per heavy atom. The van der Waals surface area contributed by atoms with Gasteiger partial charge in [-0.2, -0.15) is 18.2 Å². The van der Waals surface area contributed by atoms with Crippen molar-refractivity contribution >= 4 is 33.0 Å². The third-order valence-electron chi connectivity index (χ3n) is 4.28. The van der Waals surface area contributed by atoms with Crippen molar-refractivity contribution in [2.45, 2.75) is 43.6 Å². The number of halogens is 3. The van der Waals surface area contributed by atoms with Crippen LogP contribution < -0.4 is 10.5 Å². The average molecular weight is 462 g/mol. The largest absolute Gasteiger partial charge is 0.453 e. The first-order valence-corrected chi connectivity index (χ1v) is 10.9. The van der Waals surface area contributed by atoms with E-state index in [4.69, 9.17) is 5.14 Å². The lowest BCUT2D eigenvalue weighted by Gasteiger charge is -2.10. The van der Waals surface area contributed by atoms with Gasteiger partial charge in [-0.25, -0.2) is 23.1 Å². The molecule has 3 heterocycles. The quantitative estimate of drug-likeness (QED) is 0.573. The summed E-state index contributed by atoms with van der Waals surface area (Å²) in [4.78, 5) is 20.2. The van der Waals surface area contributed by atoms with Crippen molar-refractivity contribution in [3.05, 3.63) is 39.8 Å². The third-order valence-corrected chi connectivity index (χ3v) is 6.81. The summed E-state index contributed by atoms with van der Waals surface area (Å²) in [6.45, 7) is 3.35. The maximum absolute atomic E-state index is 12.8. The number of amides is 1. The van der Waals surface area contributed by atoms with Gasteiger partial charge in [-0.3, -0.25) is 4.79 Å². The van der Waals surface area contributed by atoms with Crippen molar-refractivity contribution in [3.63, 3.8) is 0 Å². The average Bonchev–Trinajstić information content (AvgIpc) is 3.26. The zero-order chi connectivity index (χ0) is 22.3. The topological polar surface area (TPSA) is 132 Å². The van der Waals surface area contributed by atoms with Gasteiger partial charge in [-0.15, -0.1) is 16.4 Å². The molecule has 0 saturated heterocycles. The Kier molecular flexibility index (Phi) is 5.84. The maximum Gasteiger partial charge on any atom is 0.453 e. The smallest absolute Gasteiger partial charge is 0.351 e. The molecule has 0 aromatic carbocycles. The number of hydrogen-bond donors (Lipinski definition) is 2. The summed E-state index contributed by atoms with van der Waals surface area (Å²) in [7, 11) is -3.79. The molecule has 0 fully saturated rings. The van der Waals surface area contributed by atoms with Gasteiger partial charge < -0.3 is 5.32 Å². The first-order chi connectivity index (χ1) is 13.9. The molecule has 0 aliphatic rings. The number of nitrogens with zero attached hydrogens (tertiary/aromatic N) is 4. The summed E-state index contributed by atoms with van der Waals surface area (Å²) in [6, 6.07) is 2.92. The van der Waals surface area contributed by atoms with E-state index in [0.717, 1.165) is 15.9 Å². The number of sulfonamides is 1. The number of nitrogens with one attached hydrogen (secondary N) is 1. The SMILES string of the molecule is Cc1nc2nc(C(F)(F)F)nn2c(C)c1CCC(=O)NCc1ccc(S(N)(=O)=O)s1. The molecular weight excluding hydrogens is 445 g/mol. The van der Waals surface area contributed by atoms with Crippen molar-refractivity contribution in [1.82, 2.24) is 24.9 Å². The summed E-state index contributed by atoms with van der Waals surface area (Å²) in [5.41, 5.74) is 1.48. The molecule has 3 rings (SSSR count). The summed E-state index contributed by atoms with van der Waals surface area (Å²) in [6.07, 6.45) is -4.39. The summed E-state index contributed by atoms with van der Waals surface area (Å²) < 4.78 is 62.1. The van der Waals surface area contributed by atoms with Gasteiger partial charge >= 0.3 is 6.18 Å². The molecule has 0 aliphatic heterocycles. The fourth-order valence-corrected chi connectivity index (χ4v) is 4.53. The van der Waals surface area contributed by atoms with Crippen molar-refractivity contribution in [2.24, 2.45) is 5.14 Å². The molecule has 0 aliphatic carbocycles. The summed E-state index contributed by atoms with van der Waals surface area (Å²) >= 11 is 0.959. The molecule has 0 spiro atoms. The highest BCUT2D eigenvalue weighted by molar-refractivity contribution is 7.91. The number of nitrogens with two attached hydrogens (primary N) is 1. The Hall–Kier alpha value is -2.58. The van der Waals surface area contributed by atoms with E-state index >= 15 is 0 Å². The Bertz CT molecular complexity index is 1220. The van der Waals surface area contributed by atoms with Crippen LogP contribution in [0.2, 0.25) is 0 Å². The number of carbonyl (C=O) groups is 1. The minimum atomic E-state index is -4.68. The van der Waals surface area contributed by atoms with Crippen molar-refractivity contribution < 1.29 is 26.4 Å². The molecule has 3 aromatic rings. The molecule has 14 heteroatoms. The molecule has 30 heavy (non-hydrogen) atoms. The van der Waals surface area contributed by atoms with Crippen LogP contribution in [0.25, 0.3) is 5.78 Å². The van der Waals surface area contributed by atoms with E-state index in [-0.39, 0.29) is 35.3 Å². The lowest BCUT2D eigenvalue weighted by molar-refractivity contribution is -0.144. The van der Waals surface area contributed by atoms with Crippen molar-refractivity contribution in [1.29, 1.82) is 0 Å². The van der Waals surface area contributed by atoms with Gasteiger partial charge in [0.15, 0.2) is 0 Å².